The molecule has 116 valence electrons. The molecule has 3 nitrogen and oxygen atoms in total. The number of carbonyl (C=O) groups excluding carboxylic acids is 1. The summed E-state index contributed by atoms with van der Waals surface area (Å²) in [6.07, 6.45) is 0.328. The molecule has 0 saturated carbocycles. The van der Waals surface area contributed by atoms with Gasteiger partial charge in [0.15, 0.2) is 6.10 Å². The molecule has 0 aliphatic carbocycles. The molecule has 0 radical (unpaired) electrons. The van der Waals surface area contributed by atoms with Crippen LogP contribution in [0.5, 0.6) is 5.75 Å². The van der Waals surface area contributed by atoms with E-state index >= 15 is 0 Å². The number of anilines is 1. The first-order valence-corrected chi connectivity index (χ1v) is 7.64. The molecule has 0 bridgehead atoms. The highest BCUT2D eigenvalue weighted by molar-refractivity contribution is 5.94. The largest absolute Gasteiger partial charge is 0.481 e. The molecule has 0 aromatic heterocycles. The zero-order valence-corrected chi connectivity index (χ0v) is 13.6. The van der Waals surface area contributed by atoms with Gasteiger partial charge in [0, 0.05) is 5.69 Å². The summed E-state index contributed by atoms with van der Waals surface area (Å²) in [7, 11) is 0. The second-order valence-electron chi connectivity index (χ2n) is 5.46. The molecule has 3 heteroatoms. The van der Waals surface area contributed by atoms with Crippen molar-refractivity contribution in [3.05, 3.63) is 59.2 Å². The van der Waals surface area contributed by atoms with Crippen LogP contribution in [0.25, 0.3) is 0 Å². The zero-order chi connectivity index (χ0) is 16.1. The van der Waals surface area contributed by atoms with E-state index in [1.807, 2.05) is 56.3 Å². The molecule has 0 spiro atoms. The maximum absolute atomic E-state index is 12.3. The van der Waals surface area contributed by atoms with Gasteiger partial charge in [-0.05, 0) is 56.0 Å². The number of benzene rings is 2. The van der Waals surface area contributed by atoms with Crippen LogP contribution in [0.4, 0.5) is 5.69 Å². The van der Waals surface area contributed by atoms with Gasteiger partial charge in [-0.2, -0.15) is 0 Å². The van der Waals surface area contributed by atoms with Gasteiger partial charge in [0.2, 0.25) is 0 Å². The van der Waals surface area contributed by atoms with Crippen LogP contribution in [-0.2, 0) is 11.2 Å². The lowest BCUT2D eigenvalue weighted by Crippen LogP contribution is -2.30. The first-order chi connectivity index (χ1) is 10.5. The monoisotopic (exact) mass is 297 g/mol. The van der Waals surface area contributed by atoms with Gasteiger partial charge in [0.05, 0.1) is 0 Å². The van der Waals surface area contributed by atoms with E-state index in [0.717, 1.165) is 34.5 Å². The fraction of sp³-hybridized carbons (Fsp3) is 0.316. The smallest absolute Gasteiger partial charge is 0.265 e. The minimum Gasteiger partial charge on any atom is -0.481 e. The molecule has 22 heavy (non-hydrogen) atoms. The van der Waals surface area contributed by atoms with Crippen molar-refractivity contribution < 1.29 is 9.53 Å². The molecule has 0 aliphatic rings. The topological polar surface area (TPSA) is 38.3 Å². The molecule has 0 aliphatic heterocycles. The third-order valence-corrected chi connectivity index (χ3v) is 3.89. The molecule has 1 atom stereocenters. The van der Waals surface area contributed by atoms with E-state index in [9.17, 15) is 4.79 Å². The average molecular weight is 297 g/mol. The summed E-state index contributed by atoms with van der Waals surface area (Å²) in [4.78, 5) is 12.3. The van der Waals surface area contributed by atoms with Crippen molar-refractivity contribution in [2.45, 2.75) is 40.2 Å². The first kappa shape index (κ1) is 16.1. The standard InChI is InChI=1S/C19H23NO2/c1-5-16-10-6-7-12-18(16)22-15(4)19(21)20-17-11-8-9-13(2)14(17)3/h6-12,15H,5H2,1-4H3,(H,20,21)/t15-/m1/s1. The van der Waals surface area contributed by atoms with Crippen LogP contribution in [-0.4, -0.2) is 12.0 Å². The quantitative estimate of drug-likeness (QED) is 0.895. The van der Waals surface area contributed by atoms with E-state index in [-0.39, 0.29) is 5.91 Å². The van der Waals surface area contributed by atoms with Crippen LogP contribution in [0.1, 0.15) is 30.5 Å². The predicted molar refractivity (Wildman–Crippen MR) is 90.5 cm³/mol. The SMILES string of the molecule is CCc1ccccc1O[C@H](C)C(=O)Nc1cccc(C)c1C. The molecule has 1 amide bonds. The van der Waals surface area contributed by atoms with Crippen molar-refractivity contribution in [3.63, 3.8) is 0 Å². The Morgan fingerprint density at radius 1 is 1.14 bits per heavy atom. The summed E-state index contributed by atoms with van der Waals surface area (Å²) < 4.78 is 5.83. The Hall–Kier alpha value is -2.29. The molecule has 0 unspecified atom stereocenters. The Morgan fingerprint density at radius 2 is 1.86 bits per heavy atom. The second-order valence-corrected chi connectivity index (χ2v) is 5.46. The number of ether oxygens (including phenoxy) is 1. The minimum atomic E-state index is -0.549. The maximum atomic E-state index is 12.3. The highest BCUT2D eigenvalue weighted by atomic mass is 16.5. The summed E-state index contributed by atoms with van der Waals surface area (Å²) in [6, 6.07) is 13.7. The van der Waals surface area contributed by atoms with Crippen molar-refractivity contribution in [3.8, 4) is 5.75 Å². The van der Waals surface area contributed by atoms with Gasteiger partial charge in [-0.1, -0.05) is 37.3 Å². The third-order valence-electron chi connectivity index (χ3n) is 3.89. The molecule has 1 N–H and O–H groups in total. The van der Waals surface area contributed by atoms with Crippen LogP contribution >= 0.6 is 0 Å². The number of para-hydroxylation sites is 1. The van der Waals surface area contributed by atoms with Crippen LogP contribution in [0, 0.1) is 13.8 Å². The van der Waals surface area contributed by atoms with Gasteiger partial charge < -0.3 is 10.1 Å². The van der Waals surface area contributed by atoms with Crippen molar-refractivity contribution in [2.75, 3.05) is 5.32 Å². The Morgan fingerprint density at radius 3 is 2.59 bits per heavy atom. The molecule has 0 heterocycles. The Labute approximate surface area is 132 Å². The highest BCUT2D eigenvalue weighted by Gasteiger charge is 2.17. The highest BCUT2D eigenvalue weighted by Crippen LogP contribution is 2.21. The molecular weight excluding hydrogens is 274 g/mol. The maximum Gasteiger partial charge on any atom is 0.265 e. The third kappa shape index (κ3) is 3.67. The lowest BCUT2D eigenvalue weighted by Gasteiger charge is -2.18. The number of nitrogens with one attached hydrogen (secondary N) is 1. The summed E-state index contributed by atoms with van der Waals surface area (Å²) in [6.45, 7) is 7.88. The van der Waals surface area contributed by atoms with Gasteiger partial charge in [-0.15, -0.1) is 0 Å². The normalized spacial score (nSPS) is 11.8. The number of hydrogen-bond donors (Lipinski definition) is 1. The fourth-order valence-electron chi connectivity index (χ4n) is 2.28. The minimum absolute atomic E-state index is 0.139. The van der Waals surface area contributed by atoms with Gasteiger partial charge in [-0.3, -0.25) is 4.79 Å². The van der Waals surface area contributed by atoms with Gasteiger partial charge >= 0.3 is 0 Å². The van der Waals surface area contributed by atoms with Crippen LogP contribution < -0.4 is 10.1 Å². The molecular formula is C19H23NO2. The van der Waals surface area contributed by atoms with E-state index in [4.69, 9.17) is 4.74 Å². The fourth-order valence-corrected chi connectivity index (χ4v) is 2.28. The first-order valence-electron chi connectivity index (χ1n) is 7.64. The molecule has 0 fully saturated rings. The molecule has 2 aromatic rings. The van der Waals surface area contributed by atoms with E-state index in [1.165, 1.54) is 0 Å². The van der Waals surface area contributed by atoms with E-state index < -0.39 is 6.10 Å². The number of carbonyl (C=O) groups is 1. The van der Waals surface area contributed by atoms with Crippen molar-refractivity contribution in [1.29, 1.82) is 0 Å². The number of rotatable bonds is 5. The van der Waals surface area contributed by atoms with Gasteiger partial charge in [-0.25, -0.2) is 0 Å². The summed E-state index contributed by atoms with van der Waals surface area (Å²) in [5, 5.41) is 2.94. The summed E-state index contributed by atoms with van der Waals surface area (Å²) in [5.41, 5.74) is 4.18. The van der Waals surface area contributed by atoms with Crippen molar-refractivity contribution in [1.82, 2.24) is 0 Å². The predicted octanol–water partition coefficient (Wildman–Crippen LogP) is 4.27. The number of hydrogen-bond acceptors (Lipinski definition) is 2. The molecule has 0 saturated heterocycles. The molecule has 2 rings (SSSR count). The Bertz CT molecular complexity index is 664. The zero-order valence-electron chi connectivity index (χ0n) is 13.6. The summed E-state index contributed by atoms with van der Waals surface area (Å²) >= 11 is 0. The van der Waals surface area contributed by atoms with E-state index in [1.54, 1.807) is 6.92 Å². The number of aryl methyl sites for hydroxylation is 2. The second kappa shape index (κ2) is 7.12. The van der Waals surface area contributed by atoms with Crippen LogP contribution in [0.15, 0.2) is 42.5 Å². The van der Waals surface area contributed by atoms with E-state index in [0.29, 0.717) is 0 Å². The average Bonchev–Trinajstić information content (AvgIpc) is 2.52. The Kier molecular flexibility index (Phi) is 5.21. The van der Waals surface area contributed by atoms with Gasteiger partial charge in [0.25, 0.3) is 5.91 Å². The van der Waals surface area contributed by atoms with Crippen molar-refractivity contribution >= 4 is 11.6 Å². The van der Waals surface area contributed by atoms with Crippen molar-refractivity contribution in [2.24, 2.45) is 0 Å². The van der Waals surface area contributed by atoms with Crippen LogP contribution in [0.2, 0.25) is 0 Å². The lowest BCUT2D eigenvalue weighted by molar-refractivity contribution is -0.122. The molecule has 2 aromatic carbocycles. The lowest BCUT2D eigenvalue weighted by atomic mass is 10.1. The van der Waals surface area contributed by atoms with E-state index in [2.05, 4.69) is 12.2 Å². The van der Waals surface area contributed by atoms with Crippen LogP contribution in [0.3, 0.4) is 0 Å². The Balaban J connectivity index is 2.08. The van der Waals surface area contributed by atoms with Gasteiger partial charge in [0.1, 0.15) is 5.75 Å². The summed E-state index contributed by atoms with van der Waals surface area (Å²) in [5.74, 6) is 0.633. The number of amides is 1.